The number of rotatable bonds is 7. The third-order valence-corrected chi connectivity index (χ3v) is 4.14. The number of halogens is 2. The number of carbonyl (C=O) groups is 1. The number of hydrogen-bond donors (Lipinski definition) is 1. The first-order valence-corrected chi connectivity index (χ1v) is 8.99. The summed E-state index contributed by atoms with van der Waals surface area (Å²) in [6.45, 7) is 0.355. The molecule has 0 atom stereocenters. The highest BCUT2D eigenvalue weighted by molar-refractivity contribution is 6.30. The zero-order valence-electron chi connectivity index (χ0n) is 14.3. The lowest BCUT2D eigenvalue weighted by Gasteiger charge is -2.09. The maximum Gasteiger partial charge on any atom is 0.262 e. The van der Waals surface area contributed by atoms with Crippen LogP contribution in [0.5, 0.6) is 11.5 Å². The minimum atomic E-state index is -0.250. The molecule has 6 heteroatoms. The first-order chi connectivity index (χ1) is 13.1. The van der Waals surface area contributed by atoms with Crippen molar-refractivity contribution >= 4 is 34.8 Å². The van der Waals surface area contributed by atoms with Crippen LogP contribution in [-0.4, -0.2) is 12.5 Å². The third kappa shape index (κ3) is 6.20. The highest BCUT2D eigenvalue weighted by Crippen LogP contribution is 2.18. The van der Waals surface area contributed by atoms with Crippen molar-refractivity contribution in [2.45, 2.75) is 6.61 Å². The van der Waals surface area contributed by atoms with Gasteiger partial charge in [-0.05, 0) is 66.2 Å². The van der Waals surface area contributed by atoms with Gasteiger partial charge >= 0.3 is 0 Å². The van der Waals surface area contributed by atoms with Crippen LogP contribution in [-0.2, 0) is 11.4 Å². The van der Waals surface area contributed by atoms with Gasteiger partial charge in [-0.2, -0.15) is 0 Å². The van der Waals surface area contributed by atoms with Crippen LogP contribution < -0.4 is 14.8 Å². The van der Waals surface area contributed by atoms with E-state index < -0.39 is 0 Å². The molecular formula is C21H17Cl2NO3. The number of carbonyl (C=O) groups excluding carboxylic acids is 1. The van der Waals surface area contributed by atoms with Crippen LogP contribution >= 0.6 is 23.2 Å². The van der Waals surface area contributed by atoms with Gasteiger partial charge in [-0.25, -0.2) is 0 Å². The SMILES string of the molecule is O=C(COc1ccc(Cl)cc1)Nc1ccc(OCc2ccc(Cl)cc2)cc1. The molecule has 1 N–H and O–H groups in total. The van der Waals surface area contributed by atoms with Crippen LogP contribution in [0.2, 0.25) is 10.0 Å². The second-order valence-corrected chi connectivity index (χ2v) is 6.60. The Labute approximate surface area is 167 Å². The second-order valence-electron chi connectivity index (χ2n) is 5.73. The molecule has 4 nitrogen and oxygen atoms in total. The monoisotopic (exact) mass is 401 g/mol. The molecule has 0 heterocycles. The molecule has 1 amide bonds. The van der Waals surface area contributed by atoms with Crippen molar-refractivity contribution < 1.29 is 14.3 Å². The van der Waals surface area contributed by atoms with Gasteiger partial charge in [-0.1, -0.05) is 35.3 Å². The molecule has 0 unspecified atom stereocenters. The maximum atomic E-state index is 12.0. The molecule has 0 aliphatic carbocycles. The molecule has 0 aliphatic heterocycles. The van der Waals surface area contributed by atoms with Crippen molar-refractivity contribution in [1.29, 1.82) is 0 Å². The van der Waals surface area contributed by atoms with Gasteiger partial charge in [-0.15, -0.1) is 0 Å². The highest BCUT2D eigenvalue weighted by atomic mass is 35.5. The first-order valence-electron chi connectivity index (χ1n) is 8.24. The number of amides is 1. The van der Waals surface area contributed by atoms with Crippen molar-refractivity contribution in [3.05, 3.63) is 88.4 Å². The van der Waals surface area contributed by atoms with Gasteiger partial charge in [0.25, 0.3) is 5.91 Å². The van der Waals surface area contributed by atoms with Crippen molar-refractivity contribution in [3.63, 3.8) is 0 Å². The zero-order chi connectivity index (χ0) is 19.1. The molecule has 0 spiro atoms. The molecular weight excluding hydrogens is 385 g/mol. The van der Waals surface area contributed by atoms with E-state index in [1.165, 1.54) is 0 Å². The molecule has 3 aromatic rings. The van der Waals surface area contributed by atoms with Crippen LogP contribution in [0.25, 0.3) is 0 Å². The van der Waals surface area contributed by atoms with Crippen LogP contribution in [0.3, 0.4) is 0 Å². The fourth-order valence-corrected chi connectivity index (χ4v) is 2.51. The van der Waals surface area contributed by atoms with E-state index in [1.807, 2.05) is 24.3 Å². The third-order valence-electron chi connectivity index (χ3n) is 3.64. The maximum absolute atomic E-state index is 12.0. The summed E-state index contributed by atoms with van der Waals surface area (Å²) in [4.78, 5) is 12.0. The molecule has 3 rings (SSSR count). The van der Waals surface area contributed by atoms with Gasteiger partial charge in [0.15, 0.2) is 6.61 Å². The summed E-state index contributed by atoms with van der Waals surface area (Å²) in [6.07, 6.45) is 0. The van der Waals surface area contributed by atoms with Crippen LogP contribution in [0.4, 0.5) is 5.69 Å². The van der Waals surface area contributed by atoms with E-state index in [2.05, 4.69) is 5.32 Å². The summed E-state index contributed by atoms with van der Waals surface area (Å²) in [5, 5.41) is 4.08. The Morgan fingerprint density at radius 1 is 0.741 bits per heavy atom. The Morgan fingerprint density at radius 2 is 1.26 bits per heavy atom. The van der Waals surface area contributed by atoms with Crippen molar-refractivity contribution in [2.75, 3.05) is 11.9 Å². The predicted molar refractivity (Wildman–Crippen MR) is 108 cm³/mol. The van der Waals surface area contributed by atoms with Crippen LogP contribution in [0.15, 0.2) is 72.8 Å². The summed E-state index contributed by atoms with van der Waals surface area (Å²) in [5.41, 5.74) is 1.69. The molecule has 0 fully saturated rings. The minimum absolute atomic E-state index is 0.0869. The topological polar surface area (TPSA) is 47.6 Å². The molecule has 0 aliphatic rings. The summed E-state index contributed by atoms with van der Waals surface area (Å²) in [7, 11) is 0. The molecule has 0 aromatic heterocycles. The number of benzene rings is 3. The Balaban J connectivity index is 1.45. The summed E-state index contributed by atoms with van der Waals surface area (Å²) >= 11 is 11.7. The normalized spacial score (nSPS) is 10.3. The predicted octanol–water partition coefficient (Wildman–Crippen LogP) is 5.59. The van der Waals surface area contributed by atoms with Gasteiger partial charge in [0.2, 0.25) is 0 Å². The fraction of sp³-hybridized carbons (Fsp3) is 0.0952. The van der Waals surface area contributed by atoms with E-state index in [9.17, 15) is 4.79 Å². The van der Waals surface area contributed by atoms with E-state index in [4.69, 9.17) is 32.7 Å². The van der Waals surface area contributed by atoms with Gasteiger partial charge in [0.05, 0.1) is 0 Å². The Kier molecular flexibility index (Phi) is 6.58. The smallest absolute Gasteiger partial charge is 0.262 e. The van der Waals surface area contributed by atoms with Crippen molar-refractivity contribution in [3.8, 4) is 11.5 Å². The van der Waals surface area contributed by atoms with E-state index >= 15 is 0 Å². The number of anilines is 1. The lowest BCUT2D eigenvalue weighted by atomic mass is 10.2. The second kappa shape index (κ2) is 9.31. The summed E-state index contributed by atoms with van der Waals surface area (Å²) < 4.78 is 11.1. The van der Waals surface area contributed by atoms with Gasteiger partial charge in [0.1, 0.15) is 18.1 Å². The average molecular weight is 402 g/mol. The highest BCUT2D eigenvalue weighted by Gasteiger charge is 2.04. The van der Waals surface area contributed by atoms with Gasteiger partial charge in [0, 0.05) is 15.7 Å². The average Bonchev–Trinajstić information content (AvgIpc) is 2.68. The molecule has 0 bridgehead atoms. The van der Waals surface area contributed by atoms with Crippen LogP contribution in [0, 0.1) is 0 Å². The number of nitrogens with one attached hydrogen (secondary N) is 1. The zero-order valence-corrected chi connectivity index (χ0v) is 15.8. The number of ether oxygens (including phenoxy) is 2. The molecule has 3 aromatic carbocycles. The van der Waals surface area contributed by atoms with Crippen molar-refractivity contribution in [2.24, 2.45) is 0 Å². The first kappa shape index (κ1) is 19.1. The van der Waals surface area contributed by atoms with E-state index in [0.29, 0.717) is 33.8 Å². The lowest BCUT2D eigenvalue weighted by molar-refractivity contribution is -0.118. The largest absolute Gasteiger partial charge is 0.489 e. The number of hydrogen-bond acceptors (Lipinski definition) is 3. The van der Waals surface area contributed by atoms with E-state index in [1.54, 1.807) is 48.5 Å². The Morgan fingerprint density at radius 3 is 1.89 bits per heavy atom. The summed E-state index contributed by atoms with van der Waals surface area (Å²) in [5.74, 6) is 1.04. The van der Waals surface area contributed by atoms with Gasteiger partial charge < -0.3 is 14.8 Å². The summed E-state index contributed by atoms with van der Waals surface area (Å²) in [6, 6.07) is 21.5. The lowest BCUT2D eigenvalue weighted by Crippen LogP contribution is -2.20. The van der Waals surface area contributed by atoms with Crippen LogP contribution in [0.1, 0.15) is 5.56 Å². The molecule has 0 radical (unpaired) electrons. The molecule has 27 heavy (non-hydrogen) atoms. The molecule has 0 saturated carbocycles. The fourth-order valence-electron chi connectivity index (χ4n) is 2.26. The van der Waals surface area contributed by atoms with Gasteiger partial charge in [-0.3, -0.25) is 4.79 Å². The quantitative estimate of drug-likeness (QED) is 0.561. The molecule has 0 saturated heterocycles. The van der Waals surface area contributed by atoms with Crippen molar-refractivity contribution in [1.82, 2.24) is 0 Å². The molecule has 138 valence electrons. The van der Waals surface area contributed by atoms with E-state index in [-0.39, 0.29) is 12.5 Å². The standard InChI is InChI=1S/C21H17Cl2NO3/c22-16-3-1-15(2-4-16)13-26-20-11-7-18(8-12-20)24-21(25)14-27-19-9-5-17(23)6-10-19/h1-12H,13-14H2,(H,24,25). The van der Waals surface area contributed by atoms with E-state index in [0.717, 1.165) is 5.56 Å². The Bertz CT molecular complexity index is 879. The minimum Gasteiger partial charge on any atom is -0.489 e. The Hall–Kier alpha value is -2.69.